The van der Waals surface area contributed by atoms with Gasteiger partial charge >= 0.3 is 0 Å². The van der Waals surface area contributed by atoms with Crippen LogP contribution in [0.25, 0.3) is 0 Å². The van der Waals surface area contributed by atoms with Gasteiger partial charge in [0.1, 0.15) is 5.75 Å². The Balaban J connectivity index is 2.74. The number of nitrogens with one attached hydrogen (secondary N) is 1. The molecule has 0 amide bonds. The number of ether oxygens (including phenoxy) is 2. The van der Waals surface area contributed by atoms with Crippen LogP contribution in [0.3, 0.4) is 0 Å². The number of amidine groups is 1. The van der Waals surface area contributed by atoms with E-state index in [1.807, 2.05) is 26.0 Å². The minimum atomic E-state index is -0.210. The maximum atomic E-state index is 8.72. The fourth-order valence-corrected chi connectivity index (χ4v) is 1.69. The van der Waals surface area contributed by atoms with Gasteiger partial charge < -0.3 is 25.7 Å². The van der Waals surface area contributed by atoms with Crippen LogP contribution in [0.15, 0.2) is 23.4 Å². The molecule has 0 spiro atoms. The average Bonchev–Trinajstić information content (AvgIpc) is 2.46. The number of nitrogens with two attached hydrogens (primary N) is 1. The Labute approximate surface area is 119 Å². The van der Waals surface area contributed by atoms with Crippen molar-refractivity contribution in [1.82, 2.24) is 5.32 Å². The third kappa shape index (κ3) is 4.40. The monoisotopic (exact) mass is 281 g/mol. The van der Waals surface area contributed by atoms with Crippen LogP contribution >= 0.6 is 0 Å². The number of methoxy groups -OCH3 is 2. The summed E-state index contributed by atoms with van der Waals surface area (Å²) in [4.78, 5) is 0. The van der Waals surface area contributed by atoms with Crippen molar-refractivity contribution in [3.8, 4) is 5.75 Å². The molecule has 0 aliphatic rings. The summed E-state index contributed by atoms with van der Waals surface area (Å²) in [5.74, 6) is 0.604. The zero-order chi connectivity index (χ0) is 15.2. The molecule has 1 aromatic rings. The molecule has 4 N–H and O–H groups in total. The summed E-state index contributed by atoms with van der Waals surface area (Å²) in [5, 5.41) is 15.0. The van der Waals surface area contributed by atoms with Crippen molar-refractivity contribution in [2.24, 2.45) is 10.9 Å². The lowest BCUT2D eigenvalue weighted by Gasteiger charge is -2.23. The number of hydrogen-bond donors (Lipinski definition) is 3. The van der Waals surface area contributed by atoms with Crippen LogP contribution in [0.2, 0.25) is 0 Å². The highest BCUT2D eigenvalue weighted by Crippen LogP contribution is 2.20. The molecule has 0 saturated heterocycles. The van der Waals surface area contributed by atoms with E-state index in [-0.39, 0.29) is 11.4 Å². The Hall–Kier alpha value is -1.79. The highest BCUT2D eigenvalue weighted by molar-refractivity contribution is 5.99. The van der Waals surface area contributed by atoms with E-state index in [1.165, 1.54) is 0 Å². The van der Waals surface area contributed by atoms with Crippen molar-refractivity contribution in [3.05, 3.63) is 29.3 Å². The molecule has 20 heavy (non-hydrogen) atoms. The molecule has 112 valence electrons. The van der Waals surface area contributed by atoms with Crippen LogP contribution in [0.5, 0.6) is 5.75 Å². The quantitative estimate of drug-likeness (QED) is 0.303. The van der Waals surface area contributed by atoms with Gasteiger partial charge in [-0.15, -0.1) is 0 Å². The van der Waals surface area contributed by atoms with Gasteiger partial charge in [-0.1, -0.05) is 11.2 Å². The molecule has 0 aliphatic carbocycles. The van der Waals surface area contributed by atoms with Crippen LogP contribution in [-0.2, 0) is 11.3 Å². The van der Waals surface area contributed by atoms with E-state index >= 15 is 0 Å². The first-order valence-electron chi connectivity index (χ1n) is 6.34. The number of oxime groups is 1. The Morgan fingerprint density at radius 3 is 2.65 bits per heavy atom. The smallest absolute Gasteiger partial charge is 0.173 e. The highest BCUT2D eigenvalue weighted by atomic mass is 16.5. The van der Waals surface area contributed by atoms with Gasteiger partial charge in [0, 0.05) is 20.2 Å². The van der Waals surface area contributed by atoms with Gasteiger partial charge in [0.05, 0.1) is 18.3 Å². The van der Waals surface area contributed by atoms with Crippen LogP contribution in [0, 0.1) is 0 Å². The van der Waals surface area contributed by atoms with E-state index in [4.69, 9.17) is 20.4 Å². The lowest BCUT2D eigenvalue weighted by atomic mass is 10.1. The molecule has 0 heterocycles. The van der Waals surface area contributed by atoms with Gasteiger partial charge in [-0.3, -0.25) is 0 Å². The number of hydrogen-bond acceptors (Lipinski definition) is 5. The highest BCUT2D eigenvalue weighted by Gasteiger charge is 2.15. The molecule has 6 nitrogen and oxygen atoms in total. The molecular weight excluding hydrogens is 258 g/mol. The van der Waals surface area contributed by atoms with Gasteiger partial charge in [-0.05, 0) is 31.5 Å². The summed E-state index contributed by atoms with van der Waals surface area (Å²) in [6.45, 7) is 5.44. The number of nitrogens with zero attached hydrogens (tertiary/aromatic N) is 1. The molecule has 0 saturated carbocycles. The lowest BCUT2D eigenvalue weighted by molar-refractivity contribution is 0.0230. The predicted molar refractivity (Wildman–Crippen MR) is 78.3 cm³/mol. The Morgan fingerprint density at radius 1 is 1.40 bits per heavy atom. The summed E-state index contributed by atoms with van der Waals surface area (Å²) in [7, 11) is 3.24. The van der Waals surface area contributed by atoms with Gasteiger partial charge in [0.2, 0.25) is 0 Å². The van der Waals surface area contributed by atoms with Gasteiger partial charge in [0.15, 0.2) is 5.84 Å². The first-order chi connectivity index (χ1) is 9.43. The van der Waals surface area contributed by atoms with E-state index in [0.717, 1.165) is 12.1 Å². The van der Waals surface area contributed by atoms with Crippen molar-refractivity contribution >= 4 is 5.84 Å². The Kier molecular flexibility index (Phi) is 5.79. The summed E-state index contributed by atoms with van der Waals surface area (Å²) in [6.07, 6.45) is 0. The van der Waals surface area contributed by atoms with E-state index in [1.54, 1.807) is 20.3 Å². The molecule has 1 rings (SSSR count). The molecule has 0 fully saturated rings. The second-order valence-corrected chi connectivity index (χ2v) is 5.09. The van der Waals surface area contributed by atoms with Crippen LogP contribution < -0.4 is 15.8 Å². The number of benzene rings is 1. The third-order valence-electron chi connectivity index (χ3n) is 3.08. The molecular formula is C14H23N3O3. The Morgan fingerprint density at radius 2 is 2.10 bits per heavy atom. The first-order valence-corrected chi connectivity index (χ1v) is 6.34. The van der Waals surface area contributed by atoms with Crippen molar-refractivity contribution in [2.45, 2.75) is 26.0 Å². The van der Waals surface area contributed by atoms with Gasteiger partial charge in [-0.2, -0.15) is 0 Å². The van der Waals surface area contributed by atoms with Crippen molar-refractivity contribution in [1.29, 1.82) is 0 Å². The fraction of sp³-hybridized carbons (Fsp3) is 0.500. The van der Waals surface area contributed by atoms with Crippen molar-refractivity contribution < 1.29 is 14.7 Å². The minimum Gasteiger partial charge on any atom is -0.496 e. The molecule has 6 heteroatoms. The van der Waals surface area contributed by atoms with E-state index in [2.05, 4.69) is 10.5 Å². The lowest BCUT2D eigenvalue weighted by Crippen LogP contribution is -2.36. The SMILES string of the molecule is COc1cc(CNCC(C)(C)OC)ccc1/C(N)=N/O. The maximum Gasteiger partial charge on any atom is 0.173 e. The summed E-state index contributed by atoms with van der Waals surface area (Å²) >= 11 is 0. The predicted octanol–water partition coefficient (Wildman–Crippen LogP) is 1.30. The third-order valence-corrected chi connectivity index (χ3v) is 3.08. The molecule has 0 aromatic heterocycles. The molecule has 0 radical (unpaired) electrons. The largest absolute Gasteiger partial charge is 0.496 e. The summed E-state index contributed by atoms with van der Waals surface area (Å²) in [5.41, 5.74) is 6.98. The topological polar surface area (TPSA) is 89.1 Å². The minimum absolute atomic E-state index is 0.0295. The second-order valence-electron chi connectivity index (χ2n) is 5.09. The first kappa shape index (κ1) is 16.3. The van der Waals surface area contributed by atoms with Crippen LogP contribution in [0.4, 0.5) is 0 Å². The van der Waals surface area contributed by atoms with Crippen molar-refractivity contribution in [3.63, 3.8) is 0 Å². The number of rotatable bonds is 7. The Bertz CT molecular complexity index is 473. The zero-order valence-corrected chi connectivity index (χ0v) is 12.4. The van der Waals surface area contributed by atoms with Gasteiger partial charge in [-0.25, -0.2) is 0 Å². The maximum absolute atomic E-state index is 8.72. The molecule has 1 aromatic carbocycles. The van der Waals surface area contributed by atoms with Crippen LogP contribution in [-0.4, -0.2) is 37.4 Å². The van der Waals surface area contributed by atoms with Crippen molar-refractivity contribution in [2.75, 3.05) is 20.8 Å². The van der Waals surface area contributed by atoms with Gasteiger partial charge in [0.25, 0.3) is 0 Å². The summed E-state index contributed by atoms with van der Waals surface area (Å²) in [6, 6.07) is 5.54. The van der Waals surface area contributed by atoms with Crippen LogP contribution in [0.1, 0.15) is 25.0 Å². The average molecular weight is 281 g/mol. The fourth-order valence-electron chi connectivity index (χ4n) is 1.69. The van der Waals surface area contributed by atoms with E-state index in [9.17, 15) is 0 Å². The molecule has 0 aliphatic heterocycles. The van der Waals surface area contributed by atoms with E-state index in [0.29, 0.717) is 17.9 Å². The zero-order valence-electron chi connectivity index (χ0n) is 12.4. The molecule has 0 unspecified atom stereocenters. The molecule has 0 bridgehead atoms. The summed E-state index contributed by atoms with van der Waals surface area (Å²) < 4.78 is 10.6. The second kappa shape index (κ2) is 7.12. The van der Waals surface area contributed by atoms with E-state index < -0.39 is 0 Å². The normalized spacial score (nSPS) is 12.5. The molecule has 0 atom stereocenters. The standard InChI is InChI=1S/C14H23N3O3/c1-14(2,20-4)9-16-8-10-5-6-11(13(15)17-18)12(7-10)19-3/h5-7,16,18H,8-9H2,1-4H3,(H2,15,17).